The van der Waals surface area contributed by atoms with Crippen molar-refractivity contribution in [3.63, 3.8) is 0 Å². The number of carbonyl (C=O) groups excluding carboxylic acids is 1. The number of hydrogen-bond donors (Lipinski definition) is 2. The highest BCUT2D eigenvalue weighted by atomic mass is 19.2. The molecule has 4 nitrogen and oxygen atoms in total. The monoisotopic (exact) mass is 379 g/mol. The molecule has 3 aromatic rings. The van der Waals surface area contributed by atoms with Gasteiger partial charge in [0.15, 0.2) is 29.1 Å². The zero-order chi connectivity index (χ0) is 19.6. The lowest BCUT2D eigenvalue weighted by atomic mass is 10.2. The zero-order valence-electron chi connectivity index (χ0n) is 13.4. The van der Waals surface area contributed by atoms with E-state index < -0.39 is 35.0 Å². The molecule has 0 bridgehead atoms. The Labute approximate surface area is 149 Å². The van der Waals surface area contributed by atoms with Gasteiger partial charge in [0, 0.05) is 11.8 Å². The van der Waals surface area contributed by atoms with Crippen LogP contribution in [0.3, 0.4) is 0 Å². The van der Waals surface area contributed by atoms with Crippen LogP contribution in [0.1, 0.15) is 10.5 Å². The van der Waals surface area contributed by atoms with Crippen LogP contribution < -0.4 is 10.6 Å². The molecule has 138 valence electrons. The third-order valence-electron chi connectivity index (χ3n) is 3.49. The molecule has 0 saturated carbocycles. The highest BCUT2D eigenvalue weighted by Crippen LogP contribution is 2.23. The van der Waals surface area contributed by atoms with Gasteiger partial charge in [0.1, 0.15) is 5.69 Å². The van der Waals surface area contributed by atoms with Crippen molar-refractivity contribution in [3.05, 3.63) is 83.4 Å². The lowest BCUT2D eigenvalue weighted by molar-refractivity contribution is 0.102. The molecule has 0 aliphatic heterocycles. The Morgan fingerprint density at radius 1 is 0.778 bits per heavy atom. The summed E-state index contributed by atoms with van der Waals surface area (Å²) in [7, 11) is 0. The Kier molecular flexibility index (Phi) is 5.02. The Balaban J connectivity index is 1.72. The van der Waals surface area contributed by atoms with E-state index in [1.165, 1.54) is 24.4 Å². The first-order chi connectivity index (χ1) is 12.8. The van der Waals surface area contributed by atoms with Crippen molar-refractivity contribution in [1.82, 2.24) is 4.98 Å². The molecule has 1 heterocycles. The molecule has 2 N–H and O–H groups in total. The number of carbonyl (C=O) groups is 1. The number of nitrogens with zero attached hydrogens (tertiary/aromatic N) is 1. The van der Waals surface area contributed by atoms with Crippen LogP contribution in [-0.2, 0) is 0 Å². The summed E-state index contributed by atoms with van der Waals surface area (Å²) in [6.45, 7) is 0. The van der Waals surface area contributed by atoms with Crippen molar-refractivity contribution in [2.75, 3.05) is 10.6 Å². The summed E-state index contributed by atoms with van der Waals surface area (Å²) >= 11 is 0. The highest BCUT2D eigenvalue weighted by molar-refractivity contribution is 6.02. The number of hydrogen-bond acceptors (Lipinski definition) is 3. The van der Waals surface area contributed by atoms with Crippen LogP contribution in [0, 0.1) is 29.1 Å². The fraction of sp³-hybridized carbons (Fsp3) is 0. The number of benzene rings is 2. The fourth-order valence-corrected chi connectivity index (χ4v) is 2.15. The van der Waals surface area contributed by atoms with Crippen LogP contribution in [0.2, 0.25) is 0 Å². The van der Waals surface area contributed by atoms with Crippen molar-refractivity contribution in [2.24, 2.45) is 0 Å². The number of nitrogens with one attached hydrogen (secondary N) is 2. The molecule has 0 atom stereocenters. The maximum Gasteiger partial charge on any atom is 0.274 e. The molecular weight excluding hydrogens is 369 g/mol. The van der Waals surface area contributed by atoms with Gasteiger partial charge in [-0.1, -0.05) is 0 Å². The van der Waals surface area contributed by atoms with Gasteiger partial charge in [-0.3, -0.25) is 4.79 Å². The van der Waals surface area contributed by atoms with Crippen LogP contribution in [0.5, 0.6) is 0 Å². The molecule has 0 aliphatic rings. The fourth-order valence-electron chi connectivity index (χ4n) is 2.15. The predicted octanol–water partition coefficient (Wildman–Crippen LogP) is 4.77. The van der Waals surface area contributed by atoms with E-state index in [-0.39, 0.29) is 22.8 Å². The summed E-state index contributed by atoms with van der Waals surface area (Å²) in [4.78, 5) is 15.9. The van der Waals surface area contributed by atoms with Crippen molar-refractivity contribution in [2.45, 2.75) is 0 Å². The van der Waals surface area contributed by atoms with Gasteiger partial charge in [-0.25, -0.2) is 26.9 Å². The molecular formula is C18H10F5N3O. The van der Waals surface area contributed by atoms with E-state index in [1.54, 1.807) is 0 Å². The molecule has 0 radical (unpaired) electrons. The normalized spacial score (nSPS) is 10.6. The zero-order valence-corrected chi connectivity index (χ0v) is 13.4. The van der Waals surface area contributed by atoms with E-state index in [0.717, 1.165) is 24.3 Å². The van der Waals surface area contributed by atoms with Gasteiger partial charge >= 0.3 is 0 Å². The number of rotatable bonds is 4. The topological polar surface area (TPSA) is 54.0 Å². The summed E-state index contributed by atoms with van der Waals surface area (Å²) in [6, 6.07) is 7.26. The second-order valence-corrected chi connectivity index (χ2v) is 5.36. The Morgan fingerprint density at radius 3 is 2.15 bits per heavy atom. The Hall–Kier alpha value is -3.49. The molecule has 9 heteroatoms. The SMILES string of the molecule is O=C(Nc1ccc(F)c(F)c1)c1ccc(Nc2ccc(F)c(F)c2F)cn1. The number of pyridine rings is 1. The van der Waals surface area contributed by atoms with Gasteiger partial charge in [0.25, 0.3) is 5.91 Å². The van der Waals surface area contributed by atoms with Gasteiger partial charge in [-0.15, -0.1) is 0 Å². The third-order valence-corrected chi connectivity index (χ3v) is 3.49. The molecule has 0 spiro atoms. The minimum Gasteiger partial charge on any atom is -0.352 e. The second-order valence-electron chi connectivity index (χ2n) is 5.36. The van der Waals surface area contributed by atoms with Crippen molar-refractivity contribution in [3.8, 4) is 0 Å². The van der Waals surface area contributed by atoms with Crippen molar-refractivity contribution >= 4 is 23.0 Å². The quantitative estimate of drug-likeness (QED) is 0.507. The number of amides is 1. The van der Waals surface area contributed by atoms with Crippen LogP contribution in [0.4, 0.5) is 39.0 Å². The lowest BCUT2D eigenvalue weighted by Gasteiger charge is -2.09. The predicted molar refractivity (Wildman–Crippen MR) is 88.1 cm³/mol. The van der Waals surface area contributed by atoms with Crippen LogP contribution in [0.25, 0.3) is 0 Å². The molecule has 0 unspecified atom stereocenters. The van der Waals surface area contributed by atoms with E-state index >= 15 is 0 Å². The third kappa shape index (κ3) is 4.02. The summed E-state index contributed by atoms with van der Waals surface area (Å²) in [5.74, 6) is -7.18. The van der Waals surface area contributed by atoms with Gasteiger partial charge in [0.2, 0.25) is 0 Å². The average molecular weight is 379 g/mol. The van der Waals surface area contributed by atoms with Crippen LogP contribution in [-0.4, -0.2) is 10.9 Å². The van der Waals surface area contributed by atoms with E-state index in [9.17, 15) is 26.7 Å². The number of halogens is 5. The maximum absolute atomic E-state index is 13.6. The van der Waals surface area contributed by atoms with Crippen molar-refractivity contribution < 1.29 is 26.7 Å². The first kappa shape index (κ1) is 18.3. The second kappa shape index (κ2) is 7.40. The number of aromatic nitrogens is 1. The minimum absolute atomic E-state index is 0.0340. The van der Waals surface area contributed by atoms with Crippen LogP contribution in [0.15, 0.2) is 48.7 Å². The smallest absolute Gasteiger partial charge is 0.274 e. The average Bonchev–Trinajstić information content (AvgIpc) is 2.66. The van der Waals surface area contributed by atoms with Crippen LogP contribution >= 0.6 is 0 Å². The standard InChI is InChI=1S/C18H10F5N3O/c19-11-3-1-9(7-13(11)21)26-18(27)15-5-2-10(8-24-15)25-14-6-4-12(20)16(22)17(14)23/h1-8,25H,(H,26,27). The van der Waals surface area contributed by atoms with E-state index in [4.69, 9.17) is 0 Å². The molecule has 27 heavy (non-hydrogen) atoms. The first-order valence-electron chi connectivity index (χ1n) is 7.48. The van der Waals surface area contributed by atoms with Crippen molar-refractivity contribution in [1.29, 1.82) is 0 Å². The summed E-state index contributed by atoms with van der Waals surface area (Å²) < 4.78 is 65.8. The molecule has 3 rings (SSSR count). The molecule has 1 amide bonds. The van der Waals surface area contributed by atoms with Gasteiger partial charge in [-0.2, -0.15) is 0 Å². The number of anilines is 3. The summed E-state index contributed by atoms with van der Waals surface area (Å²) in [5.41, 5.74) is -0.123. The molecule has 0 saturated heterocycles. The Morgan fingerprint density at radius 2 is 1.48 bits per heavy atom. The first-order valence-corrected chi connectivity index (χ1v) is 7.48. The van der Waals surface area contributed by atoms with Gasteiger partial charge < -0.3 is 10.6 Å². The molecule has 0 fully saturated rings. The molecule has 1 aromatic heterocycles. The highest BCUT2D eigenvalue weighted by Gasteiger charge is 2.14. The van der Waals surface area contributed by atoms with Gasteiger partial charge in [0.05, 0.1) is 17.6 Å². The largest absolute Gasteiger partial charge is 0.352 e. The Bertz CT molecular complexity index is 1010. The summed E-state index contributed by atoms with van der Waals surface area (Å²) in [6.07, 6.45) is 1.17. The van der Waals surface area contributed by atoms with E-state index in [1.807, 2.05) is 0 Å². The maximum atomic E-state index is 13.6. The minimum atomic E-state index is -1.62. The van der Waals surface area contributed by atoms with E-state index in [2.05, 4.69) is 15.6 Å². The molecule has 2 aromatic carbocycles. The van der Waals surface area contributed by atoms with E-state index in [0.29, 0.717) is 0 Å². The lowest BCUT2D eigenvalue weighted by Crippen LogP contribution is -2.14. The summed E-state index contributed by atoms with van der Waals surface area (Å²) in [5, 5.41) is 4.84. The molecule has 0 aliphatic carbocycles. The van der Waals surface area contributed by atoms with Gasteiger partial charge in [-0.05, 0) is 36.4 Å².